The van der Waals surface area contributed by atoms with E-state index in [2.05, 4.69) is 34.0 Å². The standard InChI is InChI=1S/C13H18N4S/c1-16-5-2-6-17(8-7-16)10-3-4-11-13(12(10)14)15-9-18-11/h3-4,9H,2,5-8,14H2,1H3. The normalized spacial score (nSPS) is 18.2. The minimum atomic E-state index is 0.832. The Hall–Kier alpha value is -1.33. The minimum Gasteiger partial charge on any atom is -0.395 e. The molecule has 4 nitrogen and oxygen atoms in total. The van der Waals surface area contributed by atoms with Crippen LogP contribution in [0.2, 0.25) is 0 Å². The summed E-state index contributed by atoms with van der Waals surface area (Å²) in [6.07, 6.45) is 1.19. The fourth-order valence-corrected chi connectivity index (χ4v) is 3.20. The van der Waals surface area contributed by atoms with Crippen LogP contribution in [0.1, 0.15) is 6.42 Å². The number of hydrogen-bond acceptors (Lipinski definition) is 5. The SMILES string of the molecule is CN1CCCN(c2ccc3scnc3c2N)CC1. The molecule has 5 heteroatoms. The molecule has 1 aliphatic heterocycles. The summed E-state index contributed by atoms with van der Waals surface area (Å²) in [4.78, 5) is 9.13. The molecule has 0 saturated carbocycles. The molecule has 0 spiro atoms. The average Bonchev–Trinajstić information content (AvgIpc) is 2.74. The Morgan fingerprint density at radius 3 is 3.00 bits per heavy atom. The van der Waals surface area contributed by atoms with Gasteiger partial charge in [0.15, 0.2) is 0 Å². The summed E-state index contributed by atoms with van der Waals surface area (Å²) >= 11 is 1.64. The van der Waals surface area contributed by atoms with Crippen molar-refractivity contribution in [2.24, 2.45) is 0 Å². The molecule has 3 rings (SSSR count). The molecule has 1 aromatic heterocycles. The second-order valence-corrected chi connectivity index (χ2v) is 5.73. The van der Waals surface area contributed by atoms with Crippen LogP contribution in [0.15, 0.2) is 17.6 Å². The zero-order valence-corrected chi connectivity index (χ0v) is 11.4. The first-order valence-corrected chi connectivity index (χ1v) is 7.19. The van der Waals surface area contributed by atoms with Crippen LogP contribution in [0.4, 0.5) is 11.4 Å². The monoisotopic (exact) mass is 262 g/mol. The highest BCUT2D eigenvalue weighted by atomic mass is 32.1. The van der Waals surface area contributed by atoms with E-state index in [0.29, 0.717) is 0 Å². The van der Waals surface area contributed by atoms with Crippen molar-refractivity contribution < 1.29 is 0 Å². The van der Waals surface area contributed by atoms with Crippen LogP contribution in [-0.4, -0.2) is 43.1 Å². The molecule has 1 saturated heterocycles. The number of aromatic nitrogens is 1. The summed E-state index contributed by atoms with van der Waals surface area (Å²) in [5.41, 5.74) is 11.1. The van der Waals surface area contributed by atoms with Crippen molar-refractivity contribution in [3.05, 3.63) is 17.6 Å². The third-order valence-electron chi connectivity index (χ3n) is 3.58. The summed E-state index contributed by atoms with van der Waals surface area (Å²) in [7, 11) is 2.18. The van der Waals surface area contributed by atoms with Crippen LogP contribution in [0.3, 0.4) is 0 Å². The molecule has 0 aliphatic carbocycles. The number of likely N-dealkylation sites (N-methyl/N-ethyl adjacent to an activating group) is 1. The highest BCUT2D eigenvalue weighted by Crippen LogP contribution is 2.32. The maximum Gasteiger partial charge on any atom is 0.106 e. The highest BCUT2D eigenvalue weighted by Gasteiger charge is 2.16. The first-order valence-electron chi connectivity index (χ1n) is 6.31. The number of fused-ring (bicyclic) bond motifs is 1. The van der Waals surface area contributed by atoms with Gasteiger partial charge in [0.1, 0.15) is 5.52 Å². The van der Waals surface area contributed by atoms with E-state index in [-0.39, 0.29) is 0 Å². The van der Waals surface area contributed by atoms with Crippen LogP contribution in [0, 0.1) is 0 Å². The molecule has 0 bridgehead atoms. The third kappa shape index (κ3) is 2.04. The number of anilines is 2. The first kappa shape index (κ1) is 11.7. The molecule has 18 heavy (non-hydrogen) atoms. The predicted molar refractivity (Wildman–Crippen MR) is 78.4 cm³/mol. The van der Waals surface area contributed by atoms with Crippen molar-refractivity contribution in [3.8, 4) is 0 Å². The zero-order chi connectivity index (χ0) is 12.5. The quantitative estimate of drug-likeness (QED) is 0.799. The third-order valence-corrected chi connectivity index (χ3v) is 4.37. The topological polar surface area (TPSA) is 45.4 Å². The number of nitrogens with two attached hydrogens (primary N) is 1. The predicted octanol–water partition coefficient (Wildman–Crippen LogP) is 2.02. The lowest BCUT2D eigenvalue weighted by molar-refractivity contribution is 0.360. The Morgan fingerprint density at radius 1 is 1.22 bits per heavy atom. The van der Waals surface area contributed by atoms with Gasteiger partial charge in [0.2, 0.25) is 0 Å². The van der Waals surface area contributed by atoms with E-state index in [0.717, 1.165) is 43.1 Å². The lowest BCUT2D eigenvalue weighted by atomic mass is 10.2. The summed E-state index contributed by atoms with van der Waals surface area (Å²) in [5, 5.41) is 0. The summed E-state index contributed by atoms with van der Waals surface area (Å²) < 4.78 is 1.17. The van der Waals surface area contributed by atoms with Gasteiger partial charge < -0.3 is 15.5 Å². The van der Waals surface area contributed by atoms with Crippen LogP contribution in [-0.2, 0) is 0 Å². The van der Waals surface area contributed by atoms with E-state index in [1.165, 1.54) is 11.1 Å². The van der Waals surface area contributed by atoms with Crippen LogP contribution in [0.5, 0.6) is 0 Å². The molecular weight excluding hydrogens is 244 g/mol. The van der Waals surface area contributed by atoms with Crippen molar-refractivity contribution in [2.75, 3.05) is 43.9 Å². The molecule has 1 aliphatic rings. The number of benzene rings is 1. The number of nitrogens with zero attached hydrogens (tertiary/aromatic N) is 3. The summed E-state index contributed by atoms with van der Waals surface area (Å²) in [6.45, 7) is 4.37. The Kier molecular flexibility index (Phi) is 3.09. The second-order valence-electron chi connectivity index (χ2n) is 4.84. The van der Waals surface area contributed by atoms with E-state index in [1.807, 2.05) is 5.51 Å². The minimum absolute atomic E-state index is 0.832. The number of nitrogen functional groups attached to an aromatic ring is 1. The molecule has 2 aromatic rings. The van der Waals surface area contributed by atoms with E-state index in [1.54, 1.807) is 11.3 Å². The number of hydrogen-bond donors (Lipinski definition) is 1. The maximum atomic E-state index is 6.27. The molecule has 2 heterocycles. The lowest BCUT2D eigenvalue weighted by Crippen LogP contribution is -2.29. The molecule has 0 amide bonds. The van der Waals surface area contributed by atoms with Crippen molar-refractivity contribution in [2.45, 2.75) is 6.42 Å². The molecular formula is C13H18N4S. The van der Waals surface area contributed by atoms with E-state index in [9.17, 15) is 0 Å². The highest BCUT2D eigenvalue weighted by molar-refractivity contribution is 7.16. The van der Waals surface area contributed by atoms with E-state index < -0.39 is 0 Å². The van der Waals surface area contributed by atoms with Crippen LogP contribution in [0.25, 0.3) is 10.2 Å². The molecule has 1 fully saturated rings. The van der Waals surface area contributed by atoms with Gasteiger partial charge in [-0.2, -0.15) is 0 Å². The van der Waals surface area contributed by atoms with Crippen molar-refractivity contribution >= 4 is 32.9 Å². The van der Waals surface area contributed by atoms with E-state index >= 15 is 0 Å². The Morgan fingerprint density at radius 2 is 2.11 bits per heavy atom. The van der Waals surface area contributed by atoms with Gasteiger partial charge in [0, 0.05) is 19.6 Å². The molecule has 0 unspecified atom stereocenters. The number of thiazole rings is 1. The van der Waals surface area contributed by atoms with Gasteiger partial charge in [0.25, 0.3) is 0 Å². The van der Waals surface area contributed by atoms with Crippen molar-refractivity contribution in [1.29, 1.82) is 0 Å². The summed E-state index contributed by atoms with van der Waals surface area (Å²) in [6, 6.07) is 4.27. The largest absolute Gasteiger partial charge is 0.395 e. The smallest absolute Gasteiger partial charge is 0.106 e. The fourth-order valence-electron chi connectivity index (χ4n) is 2.50. The fraction of sp³-hybridized carbons (Fsp3) is 0.462. The Bertz CT molecular complexity index is 551. The molecule has 2 N–H and O–H groups in total. The number of rotatable bonds is 1. The van der Waals surface area contributed by atoms with E-state index in [4.69, 9.17) is 5.73 Å². The summed E-state index contributed by atoms with van der Waals surface area (Å²) in [5.74, 6) is 0. The van der Waals surface area contributed by atoms with Gasteiger partial charge in [-0.1, -0.05) is 0 Å². The lowest BCUT2D eigenvalue weighted by Gasteiger charge is -2.24. The molecule has 0 atom stereocenters. The zero-order valence-electron chi connectivity index (χ0n) is 10.6. The van der Waals surface area contributed by atoms with Crippen LogP contribution >= 0.6 is 11.3 Å². The second kappa shape index (κ2) is 4.74. The van der Waals surface area contributed by atoms with Gasteiger partial charge in [0.05, 0.1) is 21.6 Å². The van der Waals surface area contributed by atoms with Gasteiger partial charge in [-0.15, -0.1) is 11.3 Å². The Balaban J connectivity index is 1.95. The van der Waals surface area contributed by atoms with Gasteiger partial charge >= 0.3 is 0 Å². The van der Waals surface area contributed by atoms with Gasteiger partial charge in [-0.05, 0) is 32.1 Å². The van der Waals surface area contributed by atoms with Crippen molar-refractivity contribution in [3.63, 3.8) is 0 Å². The maximum absolute atomic E-state index is 6.27. The molecule has 96 valence electrons. The first-order chi connectivity index (χ1) is 8.75. The van der Waals surface area contributed by atoms with Crippen LogP contribution < -0.4 is 10.6 Å². The van der Waals surface area contributed by atoms with Gasteiger partial charge in [-0.3, -0.25) is 0 Å². The van der Waals surface area contributed by atoms with Crippen molar-refractivity contribution in [1.82, 2.24) is 9.88 Å². The molecule has 1 aromatic carbocycles. The average molecular weight is 262 g/mol. The van der Waals surface area contributed by atoms with Gasteiger partial charge in [-0.25, -0.2) is 4.98 Å². The Labute approximate surface area is 111 Å². The molecule has 0 radical (unpaired) electrons.